The van der Waals surface area contributed by atoms with Crippen LogP contribution < -0.4 is 4.74 Å². The lowest BCUT2D eigenvalue weighted by Gasteiger charge is -2.14. The molecule has 0 atom stereocenters. The number of hydrogen-bond donors (Lipinski definition) is 1. The van der Waals surface area contributed by atoms with Crippen molar-refractivity contribution in [2.45, 2.75) is 13.8 Å². The lowest BCUT2D eigenvalue weighted by molar-refractivity contribution is 0.307. The van der Waals surface area contributed by atoms with Crippen LogP contribution in [0.5, 0.6) is 5.75 Å². The summed E-state index contributed by atoms with van der Waals surface area (Å²) in [6.07, 6.45) is 0. The summed E-state index contributed by atoms with van der Waals surface area (Å²) in [5.41, 5.74) is 0.877. The van der Waals surface area contributed by atoms with Crippen LogP contribution in [0.15, 0.2) is 18.2 Å². The topological polar surface area (TPSA) is 29.5 Å². The highest BCUT2D eigenvalue weighted by Gasteiger charge is 2.11. The van der Waals surface area contributed by atoms with Gasteiger partial charge >= 0.3 is 0 Å². The van der Waals surface area contributed by atoms with Crippen LogP contribution in [0.2, 0.25) is 5.02 Å². The number of aliphatic hydroxyl groups excluding tert-OH is 1. The molecule has 0 amide bonds. The first-order valence-electron chi connectivity index (χ1n) is 4.55. The van der Waals surface area contributed by atoms with Gasteiger partial charge < -0.3 is 9.84 Å². The fourth-order valence-electron chi connectivity index (χ4n) is 1.20. The van der Waals surface area contributed by atoms with E-state index in [0.717, 1.165) is 17.2 Å². The summed E-state index contributed by atoms with van der Waals surface area (Å²) in [5.74, 6) is 1.62. The van der Waals surface area contributed by atoms with Crippen molar-refractivity contribution in [3.8, 4) is 5.75 Å². The second-order valence-corrected chi connectivity index (χ2v) is 3.45. The van der Waals surface area contributed by atoms with Crippen LogP contribution in [0.4, 0.5) is 0 Å². The molecule has 0 aliphatic rings. The first-order valence-corrected chi connectivity index (χ1v) is 4.92. The van der Waals surface area contributed by atoms with Gasteiger partial charge in [-0.05, 0) is 25.1 Å². The van der Waals surface area contributed by atoms with Crippen molar-refractivity contribution in [2.75, 3.05) is 13.2 Å². The normalized spacial score (nSPS) is 10.6. The predicted molar refractivity (Wildman–Crippen MR) is 57.7 cm³/mol. The van der Waals surface area contributed by atoms with Gasteiger partial charge in [0.2, 0.25) is 0 Å². The summed E-state index contributed by atoms with van der Waals surface area (Å²) in [4.78, 5) is 0. The number of aliphatic hydroxyl groups is 1. The largest absolute Gasteiger partial charge is 0.494 e. The molecule has 0 bridgehead atoms. The first-order chi connectivity index (χ1) is 6.69. The lowest BCUT2D eigenvalue weighted by Crippen LogP contribution is -2.04. The molecule has 2 nitrogen and oxygen atoms in total. The van der Waals surface area contributed by atoms with Crippen molar-refractivity contribution in [1.82, 2.24) is 0 Å². The zero-order valence-corrected chi connectivity index (χ0v) is 9.14. The number of hydrogen-bond acceptors (Lipinski definition) is 2. The molecule has 0 saturated heterocycles. The number of halogens is 1. The number of rotatable bonds is 4. The van der Waals surface area contributed by atoms with Gasteiger partial charge in [0.15, 0.2) is 0 Å². The highest BCUT2D eigenvalue weighted by molar-refractivity contribution is 6.30. The predicted octanol–water partition coefficient (Wildman–Crippen LogP) is 2.67. The summed E-state index contributed by atoms with van der Waals surface area (Å²) in [7, 11) is 0. The van der Waals surface area contributed by atoms with Crippen LogP contribution in [0.3, 0.4) is 0 Å². The van der Waals surface area contributed by atoms with Crippen molar-refractivity contribution in [1.29, 1.82) is 0 Å². The molecule has 0 saturated carbocycles. The highest BCUT2D eigenvalue weighted by Crippen LogP contribution is 2.28. The Kier molecular flexibility index (Phi) is 4.23. The molecule has 0 aliphatic carbocycles. The van der Waals surface area contributed by atoms with E-state index in [1.54, 1.807) is 12.1 Å². The minimum Gasteiger partial charge on any atom is -0.494 e. The molecule has 1 aromatic rings. The fourth-order valence-corrected chi connectivity index (χ4v) is 1.37. The van der Waals surface area contributed by atoms with Crippen LogP contribution in [0.1, 0.15) is 19.4 Å². The Morgan fingerprint density at radius 1 is 1.50 bits per heavy atom. The molecule has 1 rings (SSSR count). The van der Waals surface area contributed by atoms with Gasteiger partial charge in [-0.25, -0.2) is 0 Å². The Morgan fingerprint density at radius 3 is 2.79 bits per heavy atom. The first kappa shape index (κ1) is 11.3. The minimum absolute atomic E-state index is 0.0143. The Bertz CT molecular complexity index is 299. The maximum absolute atomic E-state index is 9.04. The van der Waals surface area contributed by atoms with Gasteiger partial charge in [-0.3, -0.25) is 0 Å². The van der Waals surface area contributed by atoms with Crippen molar-refractivity contribution in [3.63, 3.8) is 0 Å². The standard InChI is InChI=1S/C11H14ClO2/c1-3-14-11-5-4-9(12)6-10(11)8(2)7-13/h4-6,13H,3,7H2,1-2H3. The van der Waals surface area contributed by atoms with Gasteiger partial charge in [0.1, 0.15) is 5.75 Å². The molecular formula is C11H14ClO2. The number of benzene rings is 1. The Labute approximate surface area is 89.5 Å². The monoisotopic (exact) mass is 213 g/mol. The Morgan fingerprint density at radius 2 is 2.21 bits per heavy atom. The molecule has 1 radical (unpaired) electrons. The Balaban J connectivity index is 3.02. The zero-order valence-electron chi connectivity index (χ0n) is 8.38. The van der Waals surface area contributed by atoms with Gasteiger partial charge in [0.05, 0.1) is 13.2 Å². The third kappa shape index (κ3) is 2.63. The molecule has 3 heteroatoms. The Hall–Kier alpha value is -0.730. The summed E-state index contributed by atoms with van der Waals surface area (Å²) >= 11 is 5.87. The molecule has 0 aliphatic heterocycles. The van der Waals surface area contributed by atoms with Gasteiger partial charge in [-0.1, -0.05) is 18.5 Å². The second-order valence-electron chi connectivity index (χ2n) is 3.01. The molecule has 0 aromatic heterocycles. The molecule has 1 N–H and O–H groups in total. The summed E-state index contributed by atoms with van der Waals surface area (Å²) < 4.78 is 5.42. The number of ether oxygens (including phenoxy) is 1. The van der Waals surface area contributed by atoms with E-state index in [0.29, 0.717) is 11.6 Å². The third-order valence-corrected chi connectivity index (χ3v) is 2.17. The summed E-state index contributed by atoms with van der Waals surface area (Å²) in [6.45, 7) is 4.40. The second kappa shape index (κ2) is 5.23. The third-order valence-electron chi connectivity index (χ3n) is 1.94. The highest BCUT2D eigenvalue weighted by atomic mass is 35.5. The van der Waals surface area contributed by atoms with Gasteiger partial charge in [-0.2, -0.15) is 0 Å². The lowest BCUT2D eigenvalue weighted by atomic mass is 10.0. The van der Waals surface area contributed by atoms with Gasteiger partial charge in [-0.15, -0.1) is 0 Å². The average Bonchev–Trinajstić information content (AvgIpc) is 2.20. The van der Waals surface area contributed by atoms with E-state index in [1.807, 2.05) is 19.9 Å². The van der Waals surface area contributed by atoms with E-state index in [4.69, 9.17) is 21.4 Å². The maximum Gasteiger partial charge on any atom is 0.123 e. The SMILES string of the molecule is CCOc1ccc(Cl)cc1[C](C)CO. The van der Waals surface area contributed by atoms with Crippen LogP contribution in [0, 0.1) is 5.92 Å². The summed E-state index contributed by atoms with van der Waals surface area (Å²) in [5, 5.41) is 9.69. The van der Waals surface area contributed by atoms with Crippen molar-refractivity contribution < 1.29 is 9.84 Å². The average molecular weight is 214 g/mol. The van der Waals surface area contributed by atoms with E-state index in [2.05, 4.69) is 0 Å². The summed E-state index contributed by atoms with van der Waals surface area (Å²) in [6, 6.07) is 5.40. The van der Waals surface area contributed by atoms with Crippen molar-refractivity contribution in [2.24, 2.45) is 0 Å². The molecule has 1 aromatic carbocycles. The van der Waals surface area contributed by atoms with E-state index < -0.39 is 0 Å². The fraction of sp³-hybridized carbons (Fsp3) is 0.364. The van der Waals surface area contributed by atoms with Crippen molar-refractivity contribution in [3.05, 3.63) is 34.7 Å². The van der Waals surface area contributed by atoms with Crippen LogP contribution in [-0.2, 0) is 0 Å². The smallest absolute Gasteiger partial charge is 0.123 e. The zero-order chi connectivity index (χ0) is 10.6. The molecule has 0 unspecified atom stereocenters. The van der Waals surface area contributed by atoms with E-state index in [9.17, 15) is 0 Å². The maximum atomic E-state index is 9.04. The van der Waals surface area contributed by atoms with Crippen LogP contribution in [0.25, 0.3) is 0 Å². The molecule has 77 valence electrons. The molecule has 0 fully saturated rings. The van der Waals surface area contributed by atoms with E-state index in [-0.39, 0.29) is 6.61 Å². The quantitative estimate of drug-likeness (QED) is 0.834. The minimum atomic E-state index is 0.0143. The van der Waals surface area contributed by atoms with Crippen LogP contribution in [-0.4, -0.2) is 18.3 Å². The van der Waals surface area contributed by atoms with Crippen molar-refractivity contribution >= 4 is 11.6 Å². The van der Waals surface area contributed by atoms with E-state index in [1.165, 1.54) is 0 Å². The molecular weight excluding hydrogens is 200 g/mol. The molecule has 0 heterocycles. The molecule has 0 spiro atoms. The van der Waals surface area contributed by atoms with Gasteiger partial charge in [0.25, 0.3) is 0 Å². The van der Waals surface area contributed by atoms with Crippen LogP contribution >= 0.6 is 11.6 Å². The molecule has 14 heavy (non-hydrogen) atoms. The van der Waals surface area contributed by atoms with Gasteiger partial charge in [0, 0.05) is 16.5 Å². The van der Waals surface area contributed by atoms with E-state index >= 15 is 0 Å².